The second kappa shape index (κ2) is 10.1. The van der Waals surface area contributed by atoms with E-state index in [1.54, 1.807) is 23.9 Å². The number of nitrogens with zero attached hydrogens (tertiary/aromatic N) is 1. The smallest absolute Gasteiger partial charge is 0.254 e. The fourth-order valence-corrected chi connectivity index (χ4v) is 4.44. The number of hydrogen-bond donors (Lipinski definition) is 1. The molecule has 3 aromatic carbocycles. The van der Waals surface area contributed by atoms with Gasteiger partial charge in [-0.25, -0.2) is 4.39 Å². The lowest BCUT2D eigenvalue weighted by Gasteiger charge is -2.32. The van der Waals surface area contributed by atoms with Gasteiger partial charge in [0.15, 0.2) is 0 Å². The fraction of sp³-hybridized carbons (Fsp3) is 0.269. The molecule has 3 nitrogen and oxygen atoms in total. The first-order valence-electron chi connectivity index (χ1n) is 10.6. The van der Waals surface area contributed by atoms with Crippen LogP contribution in [0.25, 0.3) is 11.1 Å². The van der Waals surface area contributed by atoms with Gasteiger partial charge in [-0.1, -0.05) is 42.5 Å². The normalized spacial score (nSPS) is 15.0. The molecule has 1 heterocycles. The summed E-state index contributed by atoms with van der Waals surface area (Å²) in [6, 6.07) is 23.6. The Morgan fingerprint density at radius 2 is 1.74 bits per heavy atom. The number of piperidine rings is 1. The lowest BCUT2D eigenvalue weighted by atomic mass is 10.0. The molecule has 1 aliphatic rings. The van der Waals surface area contributed by atoms with Gasteiger partial charge in [0, 0.05) is 30.6 Å². The summed E-state index contributed by atoms with van der Waals surface area (Å²) in [7, 11) is 0. The summed E-state index contributed by atoms with van der Waals surface area (Å²) in [5, 5.41) is 2.99. The van der Waals surface area contributed by atoms with Gasteiger partial charge < -0.3 is 5.32 Å². The molecular weight excluding hydrogens is 407 g/mol. The van der Waals surface area contributed by atoms with E-state index in [1.807, 2.05) is 0 Å². The van der Waals surface area contributed by atoms with Crippen molar-refractivity contribution in [1.82, 2.24) is 10.2 Å². The molecule has 0 aliphatic carbocycles. The van der Waals surface area contributed by atoms with Crippen LogP contribution in [0.1, 0.15) is 28.8 Å². The number of rotatable bonds is 6. The summed E-state index contributed by atoms with van der Waals surface area (Å²) in [4.78, 5) is 16.0. The average Bonchev–Trinajstić information content (AvgIpc) is 2.81. The number of hydrogen-bond acceptors (Lipinski definition) is 3. The Hall–Kier alpha value is -2.63. The van der Waals surface area contributed by atoms with Crippen molar-refractivity contribution in [3.63, 3.8) is 0 Å². The van der Waals surface area contributed by atoms with Crippen molar-refractivity contribution in [1.29, 1.82) is 0 Å². The minimum absolute atomic E-state index is 0.0876. The van der Waals surface area contributed by atoms with E-state index in [-0.39, 0.29) is 17.5 Å². The van der Waals surface area contributed by atoms with Crippen LogP contribution in [0.2, 0.25) is 0 Å². The zero-order valence-electron chi connectivity index (χ0n) is 17.7. The molecular formula is C26H27FN2OS. The van der Waals surface area contributed by atoms with Crippen LogP contribution in [0.15, 0.2) is 77.7 Å². The zero-order valence-corrected chi connectivity index (χ0v) is 18.5. The molecule has 3 aromatic rings. The van der Waals surface area contributed by atoms with Crippen LogP contribution in [0.4, 0.5) is 4.39 Å². The van der Waals surface area contributed by atoms with E-state index in [2.05, 4.69) is 65.0 Å². The Kier molecular flexibility index (Phi) is 7.05. The average molecular weight is 435 g/mol. The first-order chi connectivity index (χ1) is 15.1. The van der Waals surface area contributed by atoms with E-state index in [0.29, 0.717) is 0 Å². The Morgan fingerprint density at radius 3 is 2.45 bits per heavy atom. The predicted molar refractivity (Wildman–Crippen MR) is 126 cm³/mol. The van der Waals surface area contributed by atoms with Gasteiger partial charge in [-0.2, -0.15) is 0 Å². The number of amides is 1. The van der Waals surface area contributed by atoms with Crippen LogP contribution in [0, 0.1) is 5.82 Å². The second-order valence-corrected chi connectivity index (χ2v) is 8.81. The SMILES string of the molecule is CSc1ccc(-c2cccc(CN3CCC(NC(=O)c4ccccc4F)CC3)c2)cc1. The van der Waals surface area contributed by atoms with Gasteiger partial charge in [0.25, 0.3) is 5.91 Å². The maximum Gasteiger partial charge on any atom is 0.254 e. The largest absolute Gasteiger partial charge is 0.349 e. The lowest BCUT2D eigenvalue weighted by molar-refractivity contribution is 0.0905. The van der Waals surface area contributed by atoms with E-state index in [9.17, 15) is 9.18 Å². The summed E-state index contributed by atoms with van der Waals surface area (Å²) < 4.78 is 13.8. The number of benzene rings is 3. The summed E-state index contributed by atoms with van der Waals surface area (Å²) in [6.07, 6.45) is 3.83. The first kappa shape index (κ1) is 21.6. The molecule has 0 saturated carbocycles. The van der Waals surface area contributed by atoms with Crippen molar-refractivity contribution < 1.29 is 9.18 Å². The highest BCUT2D eigenvalue weighted by Gasteiger charge is 2.22. The molecule has 31 heavy (non-hydrogen) atoms. The van der Waals surface area contributed by atoms with Crippen molar-refractivity contribution in [2.45, 2.75) is 30.3 Å². The van der Waals surface area contributed by atoms with Crippen molar-refractivity contribution in [3.8, 4) is 11.1 Å². The highest BCUT2D eigenvalue weighted by Crippen LogP contribution is 2.25. The molecule has 0 atom stereocenters. The second-order valence-electron chi connectivity index (χ2n) is 7.93. The Bertz CT molecular complexity index is 1030. The standard InChI is InChI=1S/C26H27FN2OS/c1-31-23-11-9-20(10-12-23)21-6-4-5-19(17-21)18-29-15-13-22(14-16-29)28-26(30)24-7-2-3-8-25(24)27/h2-12,17,22H,13-16,18H2,1H3,(H,28,30). The van der Waals surface area contributed by atoms with Crippen molar-refractivity contribution in [2.75, 3.05) is 19.3 Å². The molecule has 5 heteroatoms. The Morgan fingerprint density at radius 1 is 1.00 bits per heavy atom. The summed E-state index contributed by atoms with van der Waals surface area (Å²) in [5.74, 6) is -0.794. The minimum atomic E-state index is -0.472. The van der Waals surface area contributed by atoms with E-state index in [0.717, 1.165) is 32.5 Å². The zero-order chi connectivity index (χ0) is 21.6. The van der Waals surface area contributed by atoms with E-state index >= 15 is 0 Å². The minimum Gasteiger partial charge on any atom is -0.349 e. The molecule has 1 aliphatic heterocycles. The molecule has 0 aromatic heterocycles. The van der Waals surface area contributed by atoms with Gasteiger partial charge in [-0.05, 0) is 66.1 Å². The van der Waals surface area contributed by atoms with Crippen molar-refractivity contribution in [3.05, 3.63) is 89.7 Å². The first-order valence-corrected chi connectivity index (χ1v) is 11.9. The topological polar surface area (TPSA) is 32.3 Å². The molecule has 1 amide bonds. The molecule has 0 unspecified atom stereocenters. The Labute approximate surface area is 187 Å². The van der Waals surface area contributed by atoms with Crippen molar-refractivity contribution in [2.24, 2.45) is 0 Å². The fourth-order valence-electron chi connectivity index (χ4n) is 4.03. The number of thioether (sulfide) groups is 1. The monoisotopic (exact) mass is 434 g/mol. The van der Waals surface area contributed by atoms with Gasteiger partial charge in [-0.15, -0.1) is 11.8 Å². The lowest BCUT2D eigenvalue weighted by Crippen LogP contribution is -2.44. The molecule has 160 valence electrons. The molecule has 4 rings (SSSR count). The van der Waals surface area contributed by atoms with Gasteiger partial charge in [0.2, 0.25) is 0 Å². The number of carbonyl (C=O) groups is 1. The number of likely N-dealkylation sites (tertiary alicyclic amines) is 1. The van der Waals surface area contributed by atoms with Gasteiger partial charge in [0.1, 0.15) is 5.82 Å². The van der Waals surface area contributed by atoms with Crippen LogP contribution >= 0.6 is 11.8 Å². The molecule has 1 N–H and O–H groups in total. The predicted octanol–water partition coefficient (Wildman–Crippen LogP) is 5.61. The molecule has 0 spiro atoms. The molecule has 1 fully saturated rings. The molecule has 1 saturated heterocycles. The summed E-state index contributed by atoms with van der Waals surface area (Å²) in [6.45, 7) is 2.72. The highest BCUT2D eigenvalue weighted by atomic mass is 32.2. The van der Waals surface area contributed by atoms with E-state index < -0.39 is 5.82 Å². The number of halogens is 1. The van der Waals surface area contributed by atoms with Crippen LogP contribution < -0.4 is 5.32 Å². The maximum absolute atomic E-state index is 13.8. The third-order valence-electron chi connectivity index (χ3n) is 5.80. The van der Waals surface area contributed by atoms with Crippen LogP contribution in [0.3, 0.4) is 0 Å². The number of carbonyl (C=O) groups excluding carboxylic acids is 1. The summed E-state index contributed by atoms with van der Waals surface area (Å²) >= 11 is 1.75. The Balaban J connectivity index is 1.32. The van der Waals surface area contributed by atoms with Crippen LogP contribution in [-0.4, -0.2) is 36.2 Å². The molecule has 0 bridgehead atoms. The van der Waals surface area contributed by atoms with Crippen LogP contribution in [0.5, 0.6) is 0 Å². The third-order valence-corrected chi connectivity index (χ3v) is 6.54. The van der Waals surface area contributed by atoms with E-state index in [4.69, 9.17) is 0 Å². The third kappa shape index (κ3) is 5.54. The van der Waals surface area contributed by atoms with Gasteiger partial charge in [0.05, 0.1) is 5.56 Å². The van der Waals surface area contributed by atoms with Gasteiger partial charge >= 0.3 is 0 Å². The quantitative estimate of drug-likeness (QED) is 0.512. The van der Waals surface area contributed by atoms with E-state index in [1.165, 1.54) is 33.7 Å². The summed E-state index contributed by atoms with van der Waals surface area (Å²) in [5.41, 5.74) is 3.87. The maximum atomic E-state index is 13.8. The van der Waals surface area contributed by atoms with Crippen molar-refractivity contribution >= 4 is 17.7 Å². The highest BCUT2D eigenvalue weighted by molar-refractivity contribution is 7.98. The molecule has 0 radical (unpaired) electrons. The van der Waals surface area contributed by atoms with Crippen LogP contribution in [-0.2, 0) is 6.54 Å². The van der Waals surface area contributed by atoms with Gasteiger partial charge in [-0.3, -0.25) is 9.69 Å². The number of nitrogens with one attached hydrogen (secondary N) is 1.